The zero-order valence-corrected chi connectivity index (χ0v) is 27.4. The van der Waals surface area contributed by atoms with Crippen molar-refractivity contribution < 1.29 is 4.42 Å². The van der Waals surface area contributed by atoms with Crippen molar-refractivity contribution in [3.63, 3.8) is 0 Å². The van der Waals surface area contributed by atoms with Gasteiger partial charge in [0.05, 0.1) is 0 Å². The van der Waals surface area contributed by atoms with Crippen LogP contribution in [0, 0.1) is 0 Å². The van der Waals surface area contributed by atoms with Crippen molar-refractivity contribution in [2.45, 2.75) is 0 Å². The molecule has 0 radical (unpaired) electrons. The average Bonchev–Trinajstić information content (AvgIpc) is 3.57. The lowest BCUT2D eigenvalue weighted by Gasteiger charge is -2.26. The van der Waals surface area contributed by atoms with E-state index in [1.807, 2.05) is 12.1 Å². The second-order valence-electron chi connectivity index (χ2n) is 12.6. The van der Waals surface area contributed by atoms with Gasteiger partial charge in [0.25, 0.3) is 0 Å². The first-order chi connectivity index (χ1) is 24.8. The second-order valence-corrected chi connectivity index (χ2v) is 12.6. The Labute approximate surface area is 292 Å². The third-order valence-corrected chi connectivity index (χ3v) is 9.50. The van der Waals surface area contributed by atoms with Crippen LogP contribution < -0.4 is 4.90 Å². The fourth-order valence-corrected chi connectivity index (χ4v) is 6.90. The maximum Gasteiger partial charge on any atom is 0.137 e. The average molecular weight is 640 g/mol. The van der Waals surface area contributed by atoms with Crippen LogP contribution in [0.4, 0.5) is 17.1 Å². The van der Waals surface area contributed by atoms with Crippen LogP contribution in [0.1, 0.15) is 0 Å². The Morgan fingerprint density at radius 3 is 1.22 bits per heavy atom. The van der Waals surface area contributed by atoms with Crippen molar-refractivity contribution in [3.05, 3.63) is 200 Å². The van der Waals surface area contributed by atoms with Gasteiger partial charge in [0.1, 0.15) is 11.2 Å². The number of hydrogen-bond acceptors (Lipinski definition) is 2. The molecule has 0 saturated carbocycles. The highest BCUT2D eigenvalue weighted by Gasteiger charge is 2.16. The molecule has 2 nitrogen and oxygen atoms in total. The number of hydrogen-bond donors (Lipinski definition) is 0. The minimum atomic E-state index is 0.875. The SMILES string of the molecule is c1ccc(-c2ccc(-c3cccc(-c4ccc(N(c5ccc(-c6ccccc6)cc5)c5ccc6c(c5)oc5ccccc56)cc4)c3)cc2)cc1. The third-order valence-electron chi connectivity index (χ3n) is 9.50. The summed E-state index contributed by atoms with van der Waals surface area (Å²) in [7, 11) is 0. The highest BCUT2D eigenvalue weighted by molar-refractivity contribution is 6.06. The van der Waals surface area contributed by atoms with Gasteiger partial charge in [-0.1, -0.05) is 146 Å². The van der Waals surface area contributed by atoms with Gasteiger partial charge < -0.3 is 9.32 Å². The first-order valence-electron chi connectivity index (χ1n) is 17.0. The van der Waals surface area contributed by atoms with Crippen molar-refractivity contribution in [3.8, 4) is 44.5 Å². The summed E-state index contributed by atoms with van der Waals surface area (Å²) in [5.41, 5.74) is 14.6. The summed E-state index contributed by atoms with van der Waals surface area (Å²) in [6, 6.07) is 71.1. The monoisotopic (exact) mass is 639 g/mol. The largest absolute Gasteiger partial charge is 0.456 e. The molecule has 50 heavy (non-hydrogen) atoms. The van der Waals surface area contributed by atoms with E-state index in [1.165, 1.54) is 44.5 Å². The minimum absolute atomic E-state index is 0.875. The number of rotatable bonds is 7. The van der Waals surface area contributed by atoms with Crippen molar-refractivity contribution >= 4 is 39.0 Å². The van der Waals surface area contributed by atoms with Crippen LogP contribution in [0.2, 0.25) is 0 Å². The van der Waals surface area contributed by atoms with Gasteiger partial charge >= 0.3 is 0 Å². The summed E-state index contributed by atoms with van der Waals surface area (Å²) in [5, 5.41) is 2.25. The van der Waals surface area contributed by atoms with Crippen LogP contribution in [0.15, 0.2) is 205 Å². The molecule has 0 N–H and O–H groups in total. The molecular formula is C48H33NO. The number of nitrogens with zero attached hydrogens (tertiary/aromatic N) is 1. The molecule has 1 aromatic heterocycles. The molecule has 9 rings (SSSR count). The number of fused-ring (bicyclic) bond motifs is 3. The van der Waals surface area contributed by atoms with E-state index in [2.05, 4.69) is 193 Å². The Kier molecular flexibility index (Phi) is 7.53. The second kappa shape index (κ2) is 12.8. The molecule has 0 spiro atoms. The lowest BCUT2D eigenvalue weighted by Crippen LogP contribution is -2.09. The van der Waals surface area contributed by atoms with E-state index < -0.39 is 0 Å². The van der Waals surface area contributed by atoms with Crippen molar-refractivity contribution in [2.75, 3.05) is 4.90 Å². The summed E-state index contributed by atoms with van der Waals surface area (Å²) in [6.07, 6.45) is 0. The Bertz CT molecular complexity index is 2550. The van der Waals surface area contributed by atoms with Crippen LogP contribution in [-0.4, -0.2) is 0 Å². The summed E-state index contributed by atoms with van der Waals surface area (Å²) >= 11 is 0. The van der Waals surface area contributed by atoms with Crippen LogP contribution in [-0.2, 0) is 0 Å². The molecule has 0 unspecified atom stereocenters. The van der Waals surface area contributed by atoms with Gasteiger partial charge in [-0.3, -0.25) is 0 Å². The van der Waals surface area contributed by atoms with Gasteiger partial charge in [-0.25, -0.2) is 0 Å². The lowest BCUT2D eigenvalue weighted by atomic mass is 9.97. The van der Waals surface area contributed by atoms with Crippen molar-refractivity contribution in [1.29, 1.82) is 0 Å². The maximum absolute atomic E-state index is 6.32. The zero-order valence-electron chi connectivity index (χ0n) is 27.4. The highest BCUT2D eigenvalue weighted by atomic mass is 16.3. The van der Waals surface area contributed by atoms with Crippen LogP contribution in [0.25, 0.3) is 66.4 Å². The molecule has 0 aliphatic rings. The topological polar surface area (TPSA) is 16.4 Å². The van der Waals surface area contributed by atoms with E-state index in [0.29, 0.717) is 0 Å². The quantitative estimate of drug-likeness (QED) is 0.173. The Morgan fingerprint density at radius 1 is 0.260 bits per heavy atom. The Hall–Kier alpha value is -6.64. The molecule has 0 saturated heterocycles. The smallest absolute Gasteiger partial charge is 0.137 e. The molecule has 2 heteroatoms. The van der Waals surface area contributed by atoms with Gasteiger partial charge in [0.2, 0.25) is 0 Å². The summed E-state index contributed by atoms with van der Waals surface area (Å²) in [4.78, 5) is 2.30. The van der Waals surface area contributed by atoms with Crippen molar-refractivity contribution in [1.82, 2.24) is 0 Å². The number of para-hydroxylation sites is 1. The molecule has 8 aromatic carbocycles. The molecule has 0 aliphatic heterocycles. The summed E-state index contributed by atoms with van der Waals surface area (Å²) in [6.45, 7) is 0. The molecule has 0 bridgehead atoms. The van der Waals surface area contributed by atoms with Gasteiger partial charge in [0, 0.05) is 33.9 Å². The lowest BCUT2D eigenvalue weighted by molar-refractivity contribution is 0.669. The van der Waals surface area contributed by atoms with E-state index in [0.717, 1.165) is 39.0 Å². The summed E-state index contributed by atoms with van der Waals surface area (Å²) in [5.74, 6) is 0. The molecule has 236 valence electrons. The highest BCUT2D eigenvalue weighted by Crippen LogP contribution is 2.40. The molecular weight excluding hydrogens is 607 g/mol. The van der Waals surface area contributed by atoms with E-state index >= 15 is 0 Å². The standard InChI is InChI=1S/C48H33NO/c1-3-10-34(11-4-1)36-18-20-38(21-19-36)40-14-9-15-41(32-40)39-24-28-43(29-25-39)49(42-26-22-37(23-27-42)35-12-5-2-6-13-35)44-30-31-46-45-16-7-8-17-47(45)50-48(46)33-44/h1-33H. The van der Waals surface area contributed by atoms with Crippen LogP contribution in [0.5, 0.6) is 0 Å². The normalized spacial score (nSPS) is 11.2. The first kappa shape index (κ1) is 29.5. The Balaban J connectivity index is 1.06. The number of anilines is 3. The summed E-state index contributed by atoms with van der Waals surface area (Å²) < 4.78 is 6.32. The molecule has 0 atom stereocenters. The molecule has 1 heterocycles. The molecule has 0 amide bonds. The first-order valence-corrected chi connectivity index (χ1v) is 17.0. The van der Waals surface area contributed by atoms with E-state index in [4.69, 9.17) is 4.42 Å². The zero-order chi connectivity index (χ0) is 33.3. The Morgan fingerprint density at radius 2 is 0.660 bits per heavy atom. The maximum atomic E-state index is 6.32. The molecule has 9 aromatic rings. The van der Waals surface area contributed by atoms with Gasteiger partial charge in [0.15, 0.2) is 0 Å². The van der Waals surface area contributed by atoms with Crippen LogP contribution in [0.3, 0.4) is 0 Å². The van der Waals surface area contributed by atoms with E-state index in [1.54, 1.807) is 0 Å². The van der Waals surface area contributed by atoms with Gasteiger partial charge in [-0.15, -0.1) is 0 Å². The fraction of sp³-hybridized carbons (Fsp3) is 0. The van der Waals surface area contributed by atoms with Gasteiger partial charge in [-0.05, 0) is 93.0 Å². The van der Waals surface area contributed by atoms with Gasteiger partial charge in [-0.2, -0.15) is 0 Å². The van der Waals surface area contributed by atoms with Crippen molar-refractivity contribution in [2.24, 2.45) is 0 Å². The van der Waals surface area contributed by atoms with E-state index in [-0.39, 0.29) is 0 Å². The fourth-order valence-electron chi connectivity index (χ4n) is 6.90. The predicted molar refractivity (Wildman–Crippen MR) is 210 cm³/mol. The van der Waals surface area contributed by atoms with E-state index in [9.17, 15) is 0 Å². The third kappa shape index (κ3) is 5.63. The molecule has 0 fully saturated rings. The molecule has 0 aliphatic carbocycles. The minimum Gasteiger partial charge on any atom is -0.456 e. The predicted octanol–water partition coefficient (Wildman–Crippen LogP) is 13.7. The number of benzene rings is 8. The number of furan rings is 1. The van der Waals surface area contributed by atoms with Crippen LogP contribution >= 0.6 is 0 Å².